The molecule has 10 nitrogen and oxygen atoms in total. The van der Waals surface area contributed by atoms with Gasteiger partial charge < -0.3 is 15.9 Å². The Kier molecular flexibility index (Phi) is 5.03. The van der Waals surface area contributed by atoms with Crippen LogP contribution >= 0.6 is 0 Å². The van der Waals surface area contributed by atoms with Crippen molar-refractivity contribution in [1.29, 1.82) is 0 Å². The smallest absolute Gasteiger partial charge is 0.355 e. The van der Waals surface area contributed by atoms with Crippen LogP contribution in [0.25, 0.3) is 17.0 Å². The lowest BCUT2D eigenvalue weighted by atomic mass is 10.2. The molecule has 142 valence electrons. The average Bonchev–Trinajstić information content (AvgIpc) is 3.26. The van der Waals surface area contributed by atoms with Crippen LogP contribution < -0.4 is 5.73 Å². The van der Waals surface area contributed by atoms with Crippen LogP contribution in [0.3, 0.4) is 0 Å². The number of aromatic nitrogens is 5. The fourth-order valence-electron chi connectivity index (χ4n) is 2.46. The van der Waals surface area contributed by atoms with Crippen molar-refractivity contribution in [3.05, 3.63) is 66.1 Å². The number of aryl methyl sites for hydroxylation is 1. The molecule has 4 rings (SSSR count). The number of nitrogens with two attached hydrogens (primary N) is 1. The third-order valence-corrected chi connectivity index (χ3v) is 3.76. The number of hydrogen-bond donors (Lipinski definition) is 3. The molecule has 0 amide bonds. The molecule has 0 saturated carbocycles. The molecule has 0 atom stereocenters. The second kappa shape index (κ2) is 7.58. The van der Waals surface area contributed by atoms with Gasteiger partial charge >= 0.3 is 11.9 Å². The van der Waals surface area contributed by atoms with Gasteiger partial charge in [-0.1, -0.05) is 30.3 Å². The van der Waals surface area contributed by atoms with Gasteiger partial charge in [0.2, 0.25) is 0 Å². The van der Waals surface area contributed by atoms with Gasteiger partial charge in [0.25, 0.3) is 0 Å². The van der Waals surface area contributed by atoms with Crippen LogP contribution in [0.4, 0.5) is 5.69 Å². The van der Waals surface area contributed by atoms with E-state index < -0.39 is 11.9 Å². The Bertz CT molecular complexity index is 1150. The lowest BCUT2D eigenvalue weighted by Gasteiger charge is -1.95. The summed E-state index contributed by atoms with van der Waals surface area (Å²) in [4.78, 5) is 25.3. The molecule has 4 N–H and O–H groups in total. The summed E-state index contributed by atoms with van der Waals surface area (Å²) >= 11 is 0. The number of aromatic carboxylic acids is 2. The zero-order chi connectivity index (χ0) is 20.3. The Morgan fingerprint density at radius 2 is 1.75 bits per heavy atom. The number of carbonyl (C=O) groups is 2. The van der Waals surface area contributed by atoms with Crippen molar-refractivity contribution in [2.75, 3.05) is 5.73 Å². The summed E-state index contributed by atoms with van der Waals surface area (Å²) in [6.07, 6.45) is 2.76. The van der Waals surface area contributed by atoms with Gasteiger partial charge in [-0.05, 0) is 12.1 Å². The highest BCUT2D eigenvalue weighted by atomic mass is 16.4. The second-order valence-electron chi connectivity index (χ2n) is 5.71. The SMILES string of the molecule is Cn1ncc(C(=O)O)c1C(=O)O.Nc1ccc2nc(-c3ccccc3)nn2c1. The predicted octanol–water partition coefficient (Wildman–Crippen LogP) is 1.80. The van der Waals surface area contributed by atoms with Crippen LogP contribution in [0.5, 0.6) is 0 Å². The second-order valence-corrected chi connectivity index (χ2v) is 5.71. The Morgan fingerprint density at radius 1 is 1.04 bits per heavy atom. The van der Waals surface area contributed by atoms with Gasteiger partial charge in [-0.2, -0.15) is 5.10 Å². The van der Waals surface area contributed by atoms with E-state index in [0.29, 0.717) is 11.5 Å². The van der Waals surface area contributed by atoms with Crippen LogP contribution in [0.15, 0.2) is 54.9 Å². The highest BCUT2D eigenvalue weighted by Crippen LogP contribution is 2.16. The highest BCUT2D eigenvalue weighted by molar-refractivity contribution is 6.00. The van der Waals surface area contributed by atoms with Gasteiger partial charge in [0.1, 0.15) is 5.56 Å². The number of carboxylic acids is 2. The normalized spacial score (nSPS) is 10.3. The van der Waals surface area contributed by atoms with Crippen molar-refractivity contribution in [3.63, 3.8) is 0 Å². The zero-order valence-corrected chi connectivity index (χ0v) is 14.7. The van der Waals surface area contributed by atoms with E-state index in [0.717, 1.165) is 22.1 Å². The first-order chi connectivity index (χ1) is 13.4. The van der Waals surface area contributed by atoms with Crippen LogP contribution in [-0.4, -0.2) is 46.5 Å². The van der Waals surface area contributed by atoms with Gasteiger partial charge in [-0.3, -0.25) is 4.68 Å². The number of pyridine rings is 1. The summed E-state index contributed by atoms with van der Waals surface area (Å²) in [6, 6.07) is 13.5. The number of rotatable bonds is 3. The summed E-state index contributed by atoms with van der Waals surface area (Å²) < 4.78 is 2.70. The first-order valence-electron chi connectivity index (χ1n) is 8.02. The average molecular weight is 380 g/mol. The maximum atomic E-state index is 10.5. The molecule has 0 aliphatic carbocycles. The van der Waals surface area contributed by atoms with Crippen molar-refractivity contribution >= 4 is 23.3 Å². The van der Waals surface area contributed by atoms with E-state index >= 15 is 0 Å². The minimum Gasteiger partial charge on any atom is -0.478 e. The number of nitrogen functional groups attached to an aromatic ring is 1. The van der Waals surface area contributed by atoms with Crippen LogP contribution in [0.1, 0.15) is 20.8 Å². The molecule has 3 aromatic heterocycles. The molecular formula is C18H16N6O4. The maximum Gasteiger partial charge on any atom is 0.355 e. The zero-order valence-electron chi connectivity index (χ0n) is 14.7. The van der Waals surface area contributed by atoms with E-state index in [-0.39, 0.29) is 11.3 Å². The first-order valence-corrected chi connectivity index (χ1v) is 8.02. The van der Waals surface area contributed by atoms with Gasteiger partial charge in [0, 0.05) is 12.6 Å². The molecule has 28 heavy (non-hydrogen) atoms. The third kappa shape index (κ3) is 3.80. The molecule has 4 aromatic rings. The fraction of sp³-hybridized carbons (Fsp3) is 0.0556. The number of fused-ring (bicyclic) bond motifs is 1. The van der Waals surface area contributed by atoms with Crippen molar-refractivity contribution in [2.45, 2.75) is 0 Å². The quantitative estimate of drug-likeness (QED) is 0.487. The molecule has 0 fully saturated rings. The Labute approximate surface area is 158 Å². The van der Waals surface area contributed by atoms with E-state index in [1.807, 2.05) is 42.5 Å². The standard InChI is InChI=1S/C12H10N4.C6H6N2O4/c13-10-6-7-11-14-12(15-16(11)8-10)9-4-2-1-3-5-9;1-8-4(6(11)12)3(2-7-8)5(9)10/h1-8H,13H2;2H,1H3,(H,9,10)(H,11,12). The fourth-order valence-corrected chi connectivity index (χ4v) is 2.46. The van der Waals surface area contributed by atoms with Crippen LogP contribution in [0, 0.1) is 0 Å². The Hall–Kier alpha value is -4.21. The van der Waals surface area contributed by atoms with E-state index in [1.165, 1.54) is 7.05 Å². The molecule has 10 heteroatoms. The summed E-state index contributed by atoms with van der Waals surface area (Å²) in [5.74, 6) is -1.88. The molecule has 0 radical (unpaired) electrons. The lowest BCUT2D eigenvalue weighted by molar-refractivity contribution is 0.0644. The predicted molar refractivity (Wildman–Crippen MR) is 100.0 cm³/mol. The lowest BCUT2D eigenvalue weighted by Crippen LogP contribution is -2.10. The van der Waals surface area contributed by atoms with Gasteiger partial charge in [0.05, 0.1) is 18.1 Å². The summed E-state index contributed by atoms with van der Waals surface area (Å²) in [7, 11) is 1.37. The number of carboxylic acid groups (broad SMARTS) is 2. The molecule has 0 spiro atoms. The van der Waals surface area contributed by atoms with Crippen molar-refractivity contribution in [3.8, 4) is 11.4 Å². The van der Waals surface area contributed by atoms with Gasteiger partial charge in [-0.15, -0.1) is 5.10 Å². The topological polar surface area (TPSA) is 149 Å². The van der Waals surface area contributed by atoms with Crippen molar-refractivity contribution < 1.29 is 19.8 Å². The Morgan fingerprint density at radius 3 is 2.36 bits per heavy atom. The van der Waals surface area contributed by atoms with Gasteiger partial charge in [-0.25, -0.2) is 19.1 Å². The number of benzene rings is 1. The van der Waals surface area contributed by atoms with Crippen molar-refractivity contribution in [2.24, 2.45) is 7.05 Å². The molecule has 0 aliphatic rings. The third-order valence-electron chi connectivity index (χ3n) is 3.76. The van der Waals surface area contributed by atoms with E-state index in [2.05, 4.69) is 15.2 Å². The largest absolute Gasteiger partial charge is 0.478 e. The molecule has 1 aromatic carbocycles. The molecular weight excluding hydrogens is 364 g/mol. The van der Waals surface area contributed by atoms with Gasteiger partial charge in [0.15, 0.2) is 17.2 Å². The summed E-state index contributed by atoms with van der Waals surface area (Å²) in [6.45, 7) is 0. The number of nitrogens with zero attached hydrogens (tertiary/aromatic N) is 5. The van der Waals surface area contributed by atoms with E-state index in [4.69, 9.17) is 15.9 Å². The van der Waals surface area contributed by atoms with E-state index in [9.17, 15) is 9.59 Å². The van der Waals surface area contributed by atoms with E-state index in [1.54, 1.807) is 10.7 Å². The molecule has 0 saturated heterocycles. The minimum absolute atomic E-state index is 0.301. The highest BCUT2D eigenvalue weighted by Gasteiger charge is 2.20. The summed E-state index contributed by atoms with van der Waals surface area (Å²) in [5.41, 5.74) is 7.55. The molecule has 0 bridgehead atoms. The molecule has 0 unspecified atom stereocenters. The molecule has 3 heterocycles. The maximum absolute atomic E-state index is 10.5. The molecule has 0 aliphatic heterocycles. The van der Waals surface area contributed by atoms with Crippen LogP contribution in [0.2, 0.25) is 0 Å². The first kappa shape index (κ1) is 18.6. The van der Waals surface area contributed by atoms with Crippen molar-refractivity contribution in [1.82, 2.24) is 24.4 Å². The minimum atomic E-state index is -1.30. The monoisotopic (exact) mass is 380 g/mol. The Balaban J connectivity index is 0.000000169. The number of hydrogen-bond acceptors (Lipinski definition) is 6. The summed E-state index contributed by atoms with van der Waals surface area (Å²) in [5, 5.41) is 25.0. The van der Waals surface area contributed by atoms with Crippen LogP contribution in [-0.2, 0) is 7.05 Å². The number of anilines is 1.